The van der Waals surface area contributed by atoms with Gasteiger partial charge < -0.3 is 14.8 Å². The normalized spacial score (nSPS) is 13.8. The molecule has 0 fully saturated rings. The second kappa shape index (κ2) is 14.9. The maximum Gasteiger partial charge on any atom is 1.00 e. The van der Waals surface area contributed by atoms with Crippen LogP contribution in [-0.4, -0.2) is 37.4 Å². The van der Waals surface area contributed by atoms with Crippen LogP contribution in [0.25, 0.3) is 26.8 Å². The van der Waals surface area contributed by atoms with Gasteiger partial charge >= 0.3 is 59.1 Å². The first kappa shape index (κ1) is 37.3. The fraction of sp³-hybridized carbons (Fsp3) is 0. The van der Waals surface area contributed by atoms with Crippen LogP contribution in [0.15, 0.2) is 129 Å². The van der Waals surface area contributed by atoms with Crippen molar-refractivity contribution >= 4 is 70.2 Å². The summed E-state index contributed by atoms with van der Waals surface area (Å²) in [6, 6.07) is 27.4. The van der Waals surface area contributed by atoms with Gasteiger partial charge in [0.15, 0.2) is 0 Å². The average molecular weight is 698 g/mol. The summed E-state index contributed by atoms with van der Waals surface area (Å²) in [6.07, 6.45) is 0.965. The van der Waals surface area contributed by atoms with E-state index in [0.717, 1.165) is 23.3 Å². The number of hydrogen-bond acceptors (Lipinski definition) is 12. The van der Waals surface area contributed by atoms with Gasteiger partial charge in [-0.05, 0) is 47.5 Å². The molecule has 12 nitrogen and oxygen atoms in total. The zero-order chi connectivity index (χ0) is 32.6. The van der Waals surface area contributed by atoms with E-state index in [4.69, 9.17) is 5.73 Å². The Bertz CT molecular complexity index is 2360. The number of carbonyl (C=O) groups is 1. The Hall–Kier alpha value is -3.54. The first-order valence-electron chi connectivity index (χ1n) is 13.4. The molecule has 0 saturated carbocycles. The van der Waals surface area contributed by atoms with Gasteiger partial charge in [0.1, 0.15) is 31.6 Å². The minimum absolute atomic E-state index is 0. The number of nitrogens with one attached hydrogen (secondary N) is 1. The maximum absolute atomic E-state index is 12.9. The number of nitrogens with two attached hydrogens (primary N) is 1. The Morgan fingerprint density at radius 3 is 1.83 bits per heavy atom. The number of allylic oxidation sites excluding steroid dienone is 1. The number of fused-ring (bicyclic) bond motifs is 2. The molecule has 16 heteroatoms. The van der Waals surface area contributed by atoms with Crippen molar-refractivity contribution < 1.29 is 89.9 Å². The van der Waals surface area contributed by atoms with Gasteiger partial charge in [-0.1, -0.05) is 72.8 Å². The zero-order valence-electron chi connectivity index (χ0n) is 25.5. The number of rotatable bonds is 7. The summed E-state index contributed by atoms with van der Waals surface area (Å²) in [5, 5.41) is 12.9. The molecule has 0 radical (unpaired) electrons. The van der Waals surface area contributed by atoms with E-state index in [9.17, 15) is 30.7 Å². The van der Waals surface area contributed by atoms with E-state index in [1.807, 2.05) is 0 Å². The number of Topliss-reactive ketones (excluding diaryl/α,β-unsaturated/α-hetero) is 1. The number of ketones is 1. The number of anilines is 2. The molecule has 48 heavy (non-hydrogen) atoms. The molecule has 0 heterocycles. The van der Waals surface area contributed by atoms with Gasteiger partial charge in [0.2, 0.25) is 5.78 Å². The van der Waals surface area contributed by atoms with Crippen LogP contribution in [0, 0.1) is 0 Å². The molecule has 230 valence electrons. The second-order valence-corrected chi connectivity index (χ2v) is 12.8. The van der Waals surface area contributed by atoms with Crippen molar-refractivity contribution in [2.24, 2.45) is 15.3 Å². The van der Waals surface area contributed by atoms with Gasteiger partial charge in [-0.2, -0.15) is 10.2 Å². The Labute approximate surface area is 319 Å². The molecule has 0 aliphatic heterocycles. The second-order valence-electron chi connectivity index (χ2n) is 10.1. The van der Waals surface area contributed by atoms with E-state index < -0.39 is 35.8 Å². The van der Waals surface area contributed by atoms with Crippen molar-refractivity contribution in [1.29, 1.82) is 0 Å². The van der Waals surface area contributed by atoms with Gasteiger partial charge in [0.05, 0.1) is 26.9 Å². The molecule has 1 aliphatic carbocycles. The minimum atomic E-state index is -4.85. The van der Waals surface area contributed by atoms with Crippen molar-refractivity contribution in [2.75, 3.05) is 11.2 Å². The fourth-order valence-electron chi connectivity index (χ4n) is 4.93. The monoisotopic (exact) mass is 697 g/mol. The number of carbonyl (C=O) groups excluding carboxylic acids is 1. The topological polar surface area (TPSA) is 207 Å². The van der Waals surface area contributed by atoms with Crippen LogP contribution in [0.5, 0.6) is 0 Å². The summed E-state index contributed by atoms with van der Waals surface area (Å²) in [5.41, 5.74) is 11.6. The maximum atomic E-state index is 12.9. The summed E-state index contributed by atoms with van der Waals surface area (Å²) >= 11 is 0. The van der Waals surface area contributed by atoms with Crippen LogP contribution < -0.4 is 70.3 Å². The van der Waals surface area contributed by atoms with E-state index in [2.05, 4.69) is 20.8 Å². The molecule has 0 spiro atoms. The van der Waals surface area contributed by atoms with Crippen LogP contribution in [0.1, 0.15) is 15.9 Å². The quantitative estimate of drug-likeness (QED) is 0.0769. The van der Waals surface area contributed by atoms with Crippen LogP contribution in [0.3, 0.4) is 0 Å². The molecule has 0 amide bonds. The predicted octanol–water partition coefficient (Wildman–Crippen LogP) is -0.0330. The number of hydrogen-bond donors (Lipinski definition) is 2. The molecule has 0 aromatic heterocycles. The SMILES string of the molecule is Nc1c(N=Nc2ccc(-c3ccc(NN=C4C=C(S(=O)(=O)[O-])c5ccccc5C4=O)cc3)cc2)cc(S(=O)(=O)[O-])c2ccccc12.[Na+].[Na+]. The molecule has 5 aromatic rings. The smallest absolute Gasteiger partial charge is 0.744 e. The van der Waals surface area contributed by atoms with E-state index in [0.29, 0.717) is 16.8 Å². The molecule has 3 N–H and O–H groups in total. The molecule has 5 aromatic carbocycles. The molecule has 1 aliphatic rings. The molecule has 6 rings (SSSR count). The van der Waals surface area contributed by atoms with Crippen LogP contribution in [0.2, 0.25) is 0 Å². The fourth-order valence-corrected chi connectivity index (χ4v) is 6.33. The largest absolute Gasteiger partial charge is 1.00 e. The Morgan fingerprint density at radius 2 is 1.23 bits per heavy atom. The molecule has 0 unspecified atom stereocenters. The van der Waals surface area contributed by atoms with Crippen molar-refractivity contribution in [3.8, 4) is 11.1 Å². The molecule has 0 saturated heterocycles. The number of nitrogen functional groups attached to an aromatic ring is 1. The van der Waals surface area contributed by atoms with Gasteiger partial charge in [0, 0.05) is 21.9 Å². The van der Waals surface area contributed by atoms with Gasteiger partial charge in [-0.3, -0.25) is 10.2 Å². The van der Waals surface area contributed by atoms with E-state index in [-0.39, 0.29) is 92.7 Å². The van der Waals surface area contributed by atoms with Crippen LogP contribution >= 0.6 is 0 Å². The summed E-state index contributed by atoms with van der Waals surface area (Å²) < 4.78 is 71.0. The third-order valence-corrected chi connectivity index (χ3v) is 8.92. The number of azo groups is 1. The first-order valence-corrected chi connectivity index (χ1v) is 16.3. The average Bonchev–Trinajstić information content (AvgIpc) is 3.04. The van der Waals surface area contributed by atoms with E-state index in [1.54, 1.807) is 72.8 Å². The summed E-state index contributed by atoms with van der Waals surface area (Å²) in [4.78, 5) is 11.9. The van der Waals surface area contributed by atoms with E-state index in [1.165, 1.54) is 24.3 Å². The van der Waals surface area contributed by atoms with Crippen molar-refractivity contribution in [1.82, 2.24) is 0 Å². The number of benzene rings is 5. The predicted molar refractivity (Wildman–Crippen MR) is 172 cm³/mol. The molecule has 0 atom stereocenters. The number of nitrogens with zero attached hydrogens (tertiary/aromatic N) is 3. The summed E-state index contributed by atoms with van der Waals surface area (Å²) in [5.74, 6) is -0.525. The van der Waals surface area contributed by atoms with Crippen LogP contribution in [-0.2, 0) is 20.2 Å². The molecular formula is C32H21N5Na2O7S2. The van der Waals surface area contributed by atoms with Gasteiger partial charge in [0.25, 0.3) is 0 Å². The number of hydrazone groups is 1. The third kappa shape index (κ3) is 7.84. The Kier molecular flexibility index (Phi) is 11.6. The Balaban J connectivity index is 0.00000260. The van der Waals surface area contributed by atoms with Crippen molar-refractivity contribution in [2.45, 2.75) is 4.90 Å². The summed E-state index contributed by atoms with van der Waals surface area (Å²) in [7, 11) is -9.65. The summed E-state index contributed by atoms with van der Waals surface area (Å²) in [6.45, 7) is 0. The van der Waals surface area contributed by atoms with Crippen molar-refractivity contribution in [3.63, 3.8) is 0 Å². The van der Waals surface area contributed by atoms with Gasteiger partial charge in [-0.25, -0.2) is 16.8 Å². The standard InChI is InChI=1S/C32H23N5O7S2.2Na/c33-31-25-7-3-1-5-23(25)29(45(39,40)41)17-27(31)36-34-21-13-9-19(10-14-21)20-11-15-22(16-12-20)35-37-28-18-30(46(42,43)44)24-6-2-4-8-26(24)32(28)38;;/h1-18,35H,33H2,(H,39,40,41)(H,42,43,44);;/q;2*+1/p-2. The molecule has 0 bridgehead atoms. The minimum Gasteiger partial charge on any atom is -0.744 e. The van der Waals surface area contributed by atoms with Crippen molar-refractivity contribution in [3.05, 3.63) is 120 Å². The Morgan fingerprint density at radius 1 is 0.667 bits per heavy atom. The van der Waals surface area contributed by atoms with Crippen LogP contribution in [0.4, 0.5) is 22.7 Å². The zero-order valence-corrected chi connectivity index (χ0v) is 31.1. The van der Waals surface area contributed by atoms with E-state index >= 15 is 0 Å². The first-order chi connectivity index (χ1) is 21.9. The molecular weight excluding hydrogens is 676 g/mol. The third-order valence-electron chi connectivity index (χ3n) is 7.17. The van der Waals surface area contributed by atoms with Gasteiger partial charge in [-0.15, -0.1) is 5.11 Å².